The standard InChI is InChI=1S/C21H22ClN5/c1-26-15(12-18-19(26)3-2-9-23-18)6-4-14-5-7-16(11-14)27-10-8-17-20(22)24-13-25-21(17)27/h2-3,8-10,12-14,16H,4-7,11H2,1H3. The zero-order chi connectivity index (χ0) is 18.4. The number of halogens is 1. The van der Waals surface area contributed by atoms with Crippen LogP contribution < -0.4 is 0 Å². The number of hydrogen-bond donors (Lipinski definition) is 0. The van der Waals surface area contributed by atoms with Crippen LogP contribution in [0.4, 0.5) is 0 Å². The SMILES string of the molecule is Cn1c(CCC2CCC(n3ccc4c(Cl)ncnc43)C2)cc2ncccc21. The van der Waals surface area contributed by atoms with E-state index in [-0.39, 0.29) is 0 Å². The number of rotatable bonds is 4. The highest BCUT2D eigenvalue weighted by molar-refractivity contribution is 6.33. The largest absolute Gasteiger partial charge is 0.346 e. The molecule has 27 heavy (non-hydrogen) atoms. The molecule has 4 aromatic rings. The molecule has 0 amide bonds. The zero-order valence-corrected chi connectivity index (χ0v) is 16.1. The van der Waals surface area contributed by atoms with Gasteiger partial charge in [-0.1, -0.05) is 11.6 Å². The van der Waals surface area contributed by atoms with Crippen LogP contribution in [-0.4, -0.2) is 24.1 Å². The van der Waals surface area contributed by atoms with Crippen LogP contribution in [0.5, 0.6) is 0 Å². The molecule has 0 spiro atoms. The number of fused-ring (bicyclic) bond motifs is 2. The third-order valence-electron chi connectivity index (χ3n) is 6.09. The molecule has 6 heteroatoms. The molecule has 2 unspecified atom stereocenters. The summed E-state index contributed by atoms with van der Waals surface area (Å²) in [5.41, 5.74) is 4.64. The summed E-state index contributed by atoms with van der Waals surface area (Å²) >= 11 is 6.20. The van der Waals surface area contributed by atoms with Gasteiger partial charge in [-0.15, -0.1) is 0 Å². The van der Waals surface area contributed by atoms with E-state index >= 15 is 0 Å². The van der Waals surface area contributed by atoms with Crippen molar-refractivity contribution in [3.8, 4) is 0 Å². The Labute approximate surface area is 163 Å². The molecule has 5 nitrogen and oxygen atoms in total. The average molecular weight is 380 g/mol. The lowest BCUT2D eigenvalue weighted by molar-refractivity contribution is 0.458. The van der Waals surface area contributed by atoms with Crippen LogP contribution in [0.2, 0.25) is 5.15 Å². The van der Waals surface area contributed by atoms with Crippen molar-refractivity contribution >= 4 is 33.7 Å². The molecule has 0 aliphatic heterocycles. The minimum absolute atomic E-state index is 0.507. The first kappa shape index (κ1) is 16.8. The van der Waals surface area contributed by atoms with Gasteiger partial charge in [0.15, 0.2) is 0 Å². The molecule has 0 bridgehead atoms. The molecule has 4 heterocycles. The Balaban J connectivity index is 1.29. The van der Waals surface area contributed by atoms with Crippen LogP contribution in [-0.2, 0) is 13.5 Å². The second-order valence-corrected chi connectivity index (χ2v) is 7.96. The minimum Gasteiger partial charge on any atom is -0.346 e. The van der Waals surface area contributed by atoms with Crippen molar-refractivity contribution in [2.75, 3.05) is 0 Å². The van der Waals surface area contributed by atoms with E-state index in [0.717, 1.165) is 28.9 Å². The van der Waals surface area contributed by atoms with Crippen molar-refractivity contribution < 1.29 is 0 Å². The summed E-state index contributed by atoms with van der Waals surface area (Å²) in [7, 11) is 2.15. The van der Waals surface area contributed by atoms with Gasteiger partial charge < -0.3 is 9.13 Å². The van der Waals surface area contributed by atoms with Crippen molar-refractivity contribution in [3.63, 3.8) is 0 Å². The molecule has 2 atom stereocenters. The monoisotopic (exact) mass is 379 g/mol. The summed E-state index contributed by atoms with van der Waals surface area (Å²) in [5.74, 6) is 0.746. The van der Waals surface area contributed by atoms with Gasteiger partial charge in [-0.3, -0.25) is 4.98 Å². The van der Waals surface area contributed by atoms with E-state index in [4.69, 9.17) is 11.6 Å². The summed E-state index contributed by atoms with van der Waals surface area (Å²) in [6.07, 6.45) is 11.5. The topological polar surface area (TPSA) is 48.5 Å². The van der Waals surface area contributed by atoms with Gasteiger partial charge in [0.2, 0.25) is 0 Å². The summed E-state index contributed by atoms with van der Waals surface area (Å²) < 4.78 is 4.58. The molecule has 5 rings (SSSR count). The van der Waals surface area contributed by atoms with E-state index in [9.17, 15) is 0 Å². The maximum absolute atomic E-state index is 6.20. The number of aryl methyl sites for hydroxylation is 2. The number of pyridine rings is 1. The van der Waals surface area contributed by atoms with Crippen molar-refractivity contribution in [1.82, 2.24) is 24.1 Å². The summed E-state index contributed by atoms with van der Waals surface area (Å²) in [6.45, 7) is 0. The smallest absolute Gasteiger partial charge is 0.145 e. The number of nitrogens with zero attached hydrogens (tertiary/aromatic N) is 5. The fourth-order valence-corrected chi connectivity index (χ4v) is 4.79. The molecule has 0 aromatic carbocycles. The molecule has 0 N–H and O–H groups in total. The Morgan fingerprint density at radius 2 is 2.11 bits per heavy atom. The van der Waals surface area contributed by atoms with Crippen molar-refractivity contribution in [2.45, 2.75) is 38.1 Å². The highest BCUT2D eigenvalue weighted by Crippen LogP contribution is 2.39. The molecule has 1 saturated carbocycles. The first-order chi connectivity index (χ1) is 13.2. The molecule has 1 fully saturated rings. The second kappa shape index (κ2) is 6.64. The Morgan fingerprint density at radius 3 is 3.00 bits per heavy atom. The van der Waals surface area contributed by atoms with Gasteiger partial charge in [-0.25, -0.2) is 9.97 Å². The van der Waals surface area contributed by atoms with Gasteiger partial charge in [0.1, 0.15) is 17.1 Å². The van der Waals surface area contributed by atoms with Crippen LogP contribution in [0.25, 0.3) is 22.1 Å². The highest BCUT2D eigenvalue weighted by atomic mass is 35.5. The lowest BCUT2D eigenvalue weighted by Crippen LogP contribution is -2.06. The third kappa shape index (κ3) is 2.90. The maximum atomic E-state index is 6.20. The van der Waals surface area contributed by atoms with Gasteiger partial charge in [0.05, 0.1) is 16.4 Å². The van der Waals surface area contributed by atoms with Gasteiger partial charge in [-0.05, 0) is 62.3 Å². The van der Waals surface area contributed by atoms with Crippen LogP contribution in [0, 0.1) is 5.92 Å². The summed E-state index contributed by atoms with van der Waals surface area (Å²) in [6, 6.07) is 8.92. The van der Waals surface area contributed by atoms with E-state index in [1.165, 1.54) is 36.9 Å². The molecular formula is C21H22ClN5. The first-order valence-electron chi connectivity index (χ1n) is 9.57. The van der Waals surface area contributed by atoms with Crippen LogP contribution in [0.1, 0.15) is 37.4 Å². The second-order valence-electron chi connectivity index (χ2n) is 7.60. The summed E-state index contributed by atoms with van der Waals surface area (Å²) in [4.78, 5) is 13.0. The Morgan fingerprint density at radius 1 is 1.19 bits per heavy atom. The molecule has 4 aromatic heterocycles. The molecule has 138 valence electrons. The quantitative estimate of drug-likeness (QED) is 0.471. The van der Waals surface area contributed by atoms with E-state index < -0.39 is 0 Å². The first-order valence-corrected chi connectivity index (χ1v) is 9.95. The zero-order valence-electron chi connectivity index (χ0n) is 15.3. The average Bonchev–Trinajstić information content (AvgIpc) is 3.38. The molecule has 0 saturated heterocycles. The third-order valence-corrected chi connectivity index (χ3v) is 6.39. The van der Waals surface area contributed by atoms with E-state index in [0.29, 0.717) is 11.2 Å². The minimum atomic E-state index is 0.507. The van der Waals surface area contributed by atoms with Gasteiger partial charge >= 0.3 is 0 Å². The van der Waals surface area contributed by atoms with E-state index in [2.05, 4.69) is 49.5 Å². The number of aromatic nitrogens is 5. The van der Waals surface area contributed by atoms with Crippen molar-refractivity contribution in [2.24, 2.45) is 13.0 Å². The lowest BCUT2D eigenvalue weighted by Gasteiger charge is -2.14. The Kier molecular flexibility index (Phi) is 4.12. The Bertz CT molecular complexity index is 1110. The van der Waals surface area contributed by atoms with Gasteiger partial charge in [0.25, 0.3) is 0 Å². The predicted octanol–water partition coefficient (Wildman–Crippen LogP) is 4.95. The van der Waals surface area contributed by atoms with Crippen LogP contribution >= 0.6 is 11.6 Å². The van der Waals surface area contributed by atoms with Crippen molar-refractivity contribution in [3.05, 3.63) is 53.8 Å². The van der Waals surface area contributed by atoms with Crippen molar-refractivity contribution in [1.29, 1.82) is 0 Å². The molecule has 0 radical (unpaired) electrons. The fraction of sp³-hybridized carbons (Fsp3) is 0.381. The lowest BCUT2D eigenvalue weighted by atomic mass is 10.0. The fourth-order valence-electron chi connectivity index (χ4n) is 4.60. The predicted molar refractivity (Wildman–Crippen MR) is 108 cm³/mol. The van der Waals surface area contributed by atoms with Gasteiger partial charge in [0, 0.05) is 31.2 Å². The van der Waals surface area contributed by atoms with Crippen LogP contribution in [0.15, 0.2) is 43.0 Å². The Hall–Kier alpha value is -2.40. The highest BCUT2D eigenvalue weighted by Gasteiger charge is 2.27. The number of hydrogen-bond acceptors (Lipinski definition) is 3. The normalized spacial score (nSPS) is 20.1. The van der Waals surface area contributed by atoms with Crippen LogP contribution in [0.3, 0.4) is 0 Å². The molecular weight excluding hydrogens is 358 g/mol. The summed E-state index contributed by atoms with van der Waals surface area (Å²) in [5, 5.41) is 1.49. The molecule has 1 aliphatic carbocycles. The van der Waals surface area contributed by atoms with Gasteiger partial charge in [-0.2, -0.15) is 0 Å². The van der Waals surface area contributed by atoms with E-state index in [1.54, 1.807) is 6.33 Å². The van der Waals surface area contributed by atoms with E-state index in [1.807, 2.05) is 18.3 Å². The maximum Gasteiger partial charge on any atom is 0.145 e. The molecule has 1 aliphatic rings.